The van der Waals surface area contributed by atoms with Crippen LogP contribution < -0.4 is 0 Å². The van der Waals surface area contributed by atoms with Gasteiger partial charge in [-0.05, 0) is 48.6 Å². The summed E-state index contributed by atoms with van der Waals surface area (Å²) in [7, 11) is 0. The highest BCUT2D eigenvalue weighted by atomic mass is 35.5. The SMILES string of the molecule is Oc1ccccc1-c1n[nH]c(=S)n1-c1ccc(Cl)cc1. The lowest BCUT2D eigenvalue weighted by Gasteiger charge is -2.08. The summed E-state index contributed by atoms with van der Waals surface area (Å²) in [6.45, 7) is 0. The maximum atomic E-state index is 9.97. The molecule has 1 aromatic heterocycles. The third-order valence-electron chi connectivity index (χ3n) is 2.90. The number of aromatic amines is 1. The van der Waals surface area contributed by atoms with Crippen LogP contribution in [-0.4, -0.2) is 19.9 Å². The second-order valence-electron chi connectivity index (χ2n) is 4.18. The number of para-hydroxylation sites is 1. The molecule has 3 rings (SSSR count). The number of hydrogen-bond donors (Lipinski definition) is 2. The van der Waals surface area contributed by atoms with E-state index in [1.807, 2.05) is 18.2 Å². The van der Waals surface area contributed by atoms with Crippen molar-refractivity contribution in [1.29, 1.82) is 0 Å². The van der Waals surface area contributed by atoms with Gasteiger partial charge in [-0.3, -0.25) is 9.67 Å². The minimum absolute atomic E-state index is 0.150. The standard InChI is InChI=1S/C14H10ClN3OS/c15-9-5-7-10(8-6-9)18-13(16-17-14(18)20)11-3-1-2-4-12(11)19/h1-8,19H,(H,17,20). The largest absolute Gasteiger partial charge is 0.507 e. The summed E-state index contributed by atoms with van der Waals surface area (Å²) in [6.07, 6.45) is 0. The normalized spacial score (nSPS) is 10.7. The van der Waals surface area contributed by atoms with Gasteiger partial charge in [-0.2, -0.15) is 5.10 Å². The van der Waals surface area contributed by atoms with Crippen LogP contribution in [0.2, 0.25) is 5.02 Å². The molecular weight excluding hydrogens is 294 g/mol. The predicted molar refractivity (Wildman–Crippen MR) is 80.9 cm³/mol. The third kappa shape index (κ3) is 2.21. The fourth-order valence-corrected chi connectivity index (χ4v) is 2.33. The Bertz CT molecular complexity index is 808. The van der Waals surface area contributed by atoms with E-state index in [1.165, 1.54) is 0 Å². The second-order valence-corrected chi connectivity index (χ2v) is 5.00. The second kappa shape index (κ2) is 5.11. The Labute approximate surface area is 125 Å². The molecule has 0 amide bonds. The number of aromatic hydroxyl groups is 1. The summed E-state index contributed by atoms with van der Waals surface area (Å²) in [5.74, 6) is 0.701. The van der Waals surface area contributed by atoms with Crippen LogP contribution in [0.5, 0.6) is 5.75 Å². The molecule has 3 aromatic rings. The van der Waals surface area contributed by atoms with Crippen LogP contribution in [0.15, 0.2) is 48.5 Å². The molecule has 1 heterocycles. The number of nitrogens with zero attached hydrogens (tertiary/aromatic N) is 2. The Balaban J connectivity index is 2.23. The zero-order valence-corrected chi connectivity index (χ0v) is 11.8. The molecule has 4 nitrogen and oxygen atoms in total. The van der Waals surface area contributed by atoms with Gasteiger partial charge < -0.3 is 5.11 Å². The minimum atomic E-state index is 0.150. The molecule has 0 aliphatic carbocycles. The quantitative estimate of drug-likeness (QED) is 0.705. The molecule has 20 heavy (non-hydrogen) atoms. The Hall–Kier alpha value is -2.11. The van der Waals surface area contributed by atoms with Crippen LogP contribution in [0.1, 0.15) is 0 Å². The summed E-state index contributed by atoms with van der Waals surface area (Å²) < 4.78 is 2.20. The first-order valence-electron chi connectivity index (χ1n) is 5.88. The van der Waals surface area contributed by atoms with Gasteiger partial charge >= 0.3 is 0 Å². The van der Waals surface area contributed by atoms with E-state index in [0.29, 0.717) is 21.2 Å². The van der Waals surface area contributed by atoms with Crippen molar-refractivity contribution in [1.82, 2.24) is 14.8 Å². The van der Waals surface area contributed by atoms with E-state index < -0.39 is 0 Å². The topological polar surface area (TPSA) is 53.8 Å². The number of aromatic nitrogens is 3. The van der Waals surface area contributed by atoms with Crippen molar-refractivity contribution in [2.75, 3.05) is 0 Å². The van der Waals surface area contributed by atoms with Gasteiger partial charge in [-0.15, -0.1) is 0 Å². The van der Waals surface area contributed by atoms with E-state index in [4.69, 9.17) is 23.8 Å². The van der Waals surface area contributed by atoms with E-state index in [-0.39, 0.29) is 5.75 Å². The maximum absolute atomic E-state index is 9.97. The molecule has 0 saturated heterocycles. The first kappa shape index (κ1) is 12.9. The van der Waals surface area contributed by atoms with Crippen molar-refractivity contribution < 1.29 is 5.11 Å². The number of rotatable bonds is 2. The van der Waals surface area contributed by atoms with Gasteiger partial charge in [0.15, 0.2) is 10.6 Å². The number of hydrogen-bond acceptors (Lipinski definition) is 3. The van der Waals surface area contributed by atoms with Crippen LogP contribution in [0.3, 0.4) is 0 Å². The summed E-state index contributed by atoms with van der Waals surface area (Å²) >= 11 is 11.2. The van der Waals surface area contributed by atoms with Crippen LogP contribution in [0, 0.1) is 4.77 Å². The Morgan fingerprint density at radius 1 is 1.10 bits per heavy atom. The highest BCUT2D eigenvalue weighted by Crippen LogP contribution is 2.29. The van der Waals surface area contributed by atoms with Gasteiger partial charge in [0.25, 0.3) is 0 Å². The minimum Gasteiger partial charge on any atom is -0.507 e. The van der Waals surface area contributed by atoms with Crippen molar-refractivity contribution >= 4 is 23.8 Å². The number of benzene rings is 2. The van der Waals surface area contributed by atoms with Crippen LogP contribution in [0.4, 0.5) is 0 Å². The Morgan fingerprint density at radius 2 is 1.80 bits per heavy atom. The molecular formula is C14H10ClN3OS. The maximum Gasteiger partial charge on any atom is 0.200 e. The van der Waals surface area contributed by atoms with Crippen LogP contribution >= 0.6 is 23.8 Å². The molecule has 0 bridgehead atoms. The van der Waals surface area contributed by atoms with Crippen molar-refractivity contribution in [2.45, 2.75) is 0 Å². The van der Waals surface area contributed by atoms with E-state index in [1.54, 1.807) is 34.9 Å². The van der Waals surface area contributed by atoms with E-state index in [2.05, 4.69) is 10.2 Å². The van der Waals surface area contributed by atoms with Crippen molar-refractivity contribution in [3.05, 3.63) is 58.3 Å². The summed E-state index contributed by atoms with van der Waals surface area (Å²) in [5.41, 5.74) is 1.43. The fourth-order valence-electron chi connectivity index (χ4n) is 1.97. The van der Waals surface area contributed by atoms with Gasteiger partial charge in [0, 0.05) is 5.02 Å². The molecule has 0 atom stereocenters. The lowest BCUT2D eigenvalue weighted by atomic mass is 10.2. The van der Waals surface area contributed by atoms with Crippen LogP contribution in [0.25, 0.3) is 17.1 Å². The van der Waals surface area contributed by atoms with Crippen molar-refractivity contribution in [3.63, 3.8) is 0 Å². The smallest absolute Gasteiger partial charge is 0.200 e. The fraction of sp³-hybridized carbons (Fsp3) is 0. The van der Waals surface area contributed by atoms with E-state index in [9.17, 15) is 5.11 Å². The van der Waals surface area contributed by atoms with Crippen molar-refractivity contribution in [3.8, 4) is 22.8 Å². The molecule has 0 fully saturated rings. The molecule has 100 valence electrons. The van der Waals surface area contributed by atoms with Gasteiger partial charge in [-0.1, -0.05) is 23.7 Å². The van der Waals surface area contributed by atoms with E-state index >= 15 is 0 Å². The van der Waals surface area contributed by atoms with Gasteiger partial charge in [-0.25, -0.2) is 0 Å². The zero-order valence-electron chi connectivity index (χ0n) is 10.2. The molecule has 0 unspecified atom stereocenters. The Morgan fingerprint density at radius 3 is 2.50 bits per heavy atom. The average molecular weight is 304 g/mol. The molecule has 2 aromatic carbocycles. The number of phenolic OH excluding ortho intramolecular Hbond substituents is 1. The number of phenols is 1. The zero-order chi connectivity index (χ0) is 14.1. The lowest BCUT2D eigenvalue weighted by molar-refractivity contribution is 0.476. The highest BCUT2D eigenvalue weighted by molar-refractivity contribution is 7.71. The Kier molecular flexibility index (Phi) is 3.30. The first-order chi connectivity index (χ1) is 9.66. The van der Waals surface area contributed by atoms with Gasteiger partial charge in [0.05, 0.1) is 11.3 Å². The molecule has 2 N–H and O–H groups in total. The molecule has 0 aliphatic heterocycles. The molecule has 0 spiro atoms. The predicted octanol–water partition coefficient (Wildman–Crippen LogP) is 3.96. The van der Waals surface area contributed by atoms with Crippen molar-refractivity contribution in [2.24, 2.45) is 0 Å². The summed E-state index contributed by atoms with van der Waals surface area (Å²) in [5, 5.41) is 17.6. The summed E-state index contributed by atoms with van der Waals surface area (Å²) in [6, 6.07) is 14.2. The molecule has 0 radical (unpaired) electrons. The third-order valence-corrected chi connectivity index (χ3v) is 3.43. The number of nitrogens with one attached hydrogen (secondary N) is 1. The van der Waals surface area contributed by atoms with Gasteiger partial charge in [0.1, 0.15) is 5.75 Å². The summed E-state index contributed by atoms with van der Waals surface area (Å²) in [4.78, 5) is 0. The van der Waals surface area contributed by atoms with Gasteiger partial charge in [0.2, 0.25) is 0 Å². The number of H-pyrrole nitrogens is 1. The monoisotopic (exact) mass is 303 g/mol. The van der Waals surface area contributed by atoms with E-state index in [0.717, 1.165) is 5.69 Å². The highest BCUT2D eigenvalue weighted by Gasteiger charge is 2.13. The number of halogens is 1. The average Bonchev–Trinajstić information content (AvgIpc) is 2.82. The molecule has 0 aliphatic rings. The van der Waals surface area contributed by atoms with Crippen LogP contribution in [-0.2, 0) is 0 Å². The molecule has 0 saturated carbocycles. The lowest BCUT2D eigenvalue weighted by Crippen LogP contribution is -1.97. The first-order valence-corrected chi connectivity index (χ1v) is 6.67. The molecule has 6 heteroatoms.